The van der Waals surface area contributed by atoms with Crippen molar-refractivity contribution < 1.29 is 23.5 Å². The summed E-state index contributed by atoms with van der Waals surface area (Å²) in [6.07, 6.45) is 1.29. The van der Waals surface area contributed by atoms with Crippen LogP contribution in [-0.2, 0) is 9.59 Å². The van der Waals surface area contributed by atoms with Crippen molar-refractivity contribution in [2.45, 2.75) is 0 Å². The molecule has 31 heavy (non-hydrogen) atoms. The van der Waals surface area contributed by atoms with Gasteiger partial charge in [0, 0.05) is 0 Å². The summed E-state index contributed by atoms with van der Waals surface area (Å²) in [4.78, 5) is 35.7. The summed E-state index contributed by atoms with van der Waals surface area (Å²) in [6.45, 7) is 0. The normalized spacial score (nSPS) is 10.5. The summed E-state index contributed by atoms with van der Waals surface area (Å²) < 4.78 is 18.7. The predicted molar refractivity (Wildman–Crippen MR) is 114 cm³/mol. The van der Waals surface area contributed by atoms with Crippen LogP contribution < -0.4 is 15.5 Å². The smallest absolute Gasteiger partial charge is 0.346 e. The number of nitrogens with one attached hydrogen (secondary N) is 2. The van der Waals surface area contributed by atoms with Crippen LogP contribution in [0.5, 0.6) is 5.75 Å². The number of hydrogen-bond acceptors (Lipinski definition) is 5. The van der Waals surface area contributed by atoms with Gasteiger partial charge in [-0.25, -0.2) is 14.6 Å². The maximum Gasteiger partial charge on any atom is 0.346 e. The highest BCUT2D eigenvalue weighted by atomic mass is 35.5. The van der Waals surface area contributed by atoms with Gasteiger partial charge in [0.15, 0.2) is 0 Å². The molecule has 0 saturated carbocycles. The molecule has 3 aromatic rings. The van der Waals surface area contributed by atoms with E-state index in [1.165, 1.54) is 42.6 Å². The first-order chi connectivity index (χ1) is 14.9. The molecule has 3 aromatic carbocycles. The monoisotopic (exact) mass is 439 g/mol. The molecule has 0 unspecified atom stereocenters. The Morgan fingerprint density at radius 1 is 0.903 bits per heavy atom. The summed E-state index contributed by atoms with van der Waals surface area (Å²) in [5.74, 6) is -3.21. The molecule has 0 bridgehead atoms. The Morgan fingerprint density at radius 2 is 1.58 bits per heavy atom. The van der Waals surface area contributed by atoms with Crippen LogP contribution in [0.2, 0.25) is 5.02 Å². The summed E-state index contributed by atoms with van der Waals surface area (Å²) >= 11 is 5.92. The highest BCUT2D eigenvalue weighted by Gasteiger charge is 2.14. The van der Waals surface area contributed by atoms with E-state index in [9.17, 15) is 18.8 Å². The third-order valence-electron chi connectivity index (χ3n) is 3.89. The van der Waals surface area contributed by atoms with Crippen molar-refractivity contribution in [3.05, 3.63) is 94.8 Å². The predicted octanol–water partition coefficient (Wildman–Crippen LogP) is 3.79. The van der Waals surface area contributed by atoms with Gasteiger partial charge < -0.3 is 10.1 Å². The molecule has 0 aliphatic heterocycles. The number of hydrazone groups is 1. The number of rotatable bonds is 5. The Balaban J connectivity index is 1.53. The number of carbonyl (C=O) groups excluding carboxylic acids is 3. The molecular formula is C22H15ClFN3O4. The van der Waals surface area contributed by atoms with Crippen molar-refractivity contribution in [1.82, 2.24) is 5.43 Å². The first-order valence-electron chi connectivity index (χ1n) is 8.90. The van der Waals surface area contributed by atoms with Crippen molar-refractivity contribution in [3.8, 4) is 5.75 Å². The van der Waals surface area contributed by atoms with Crippen molar-refractivity contribution in [2.24, 2.45) is 5.10 Å². The second kappa shape index (κ2) is 10.1. The summed E-state index contributed by atoms with van der Waals surface area (Å²) in [5, 5.41) is 6.36. The van der Waals surface area contributed by atoms with E-state index in [1.54, 1.807) is 36.4 Å². The van der Waals surface area contributed by atoms with Gasteiger partial charge in [0.1, 0.15) is 11.6 Å². The van der Waals surface area contributed by atoms with E-state index < -0.39 is 23.6 Å². The lowest BCUT2D eigenvalue weighted by molar-refractivity contribution is -0.136. The first kappa shape index (κ1) is 21.7. The number of esters is 1. The Labute approximate surface area is 181 Å². The van der Waals surface area contributed by atoms with Gasteiger partial charge in [-0.15, -0.1) is 0 Å². The Kier molecular flexibility index (Phi) is 7.08. The van der Waals surface area contributed by atoms with Gasteiger partial charge in [0.2, 0.25) is 0 Å². The molecule has 0 radical (unpaired) electrons. The number of ether oxygens (including phenoxy) is 1. The van der Waals surface area contributed by atoms with Gasteiger partial charge in [-0.1, -0.05) is 35.9 Å². The van der Waals surface area contributed by atoms with Crippen molar-refractivity contribution in [1.29, 1.82) is 0 Å². The molecular weight excluding hydrogens is 425 g/mol. The maximum atomic E-state index is 13.6. The van der Waals surface area contributed by atoms with Crippen molar-refractivity contribution in [3.63, 3.8) is 0 Å². The van der Waals surface area contributed by atoms with Crippen molar-refractivity contribution in [2.75, 3.05) is 5.32 Å². The molecule has 156 valence electrons. The summed E-state index contributed by atoms with van der Waals surface area (Å²) in [6, 6.07) is 18.0. The minimum Gasteiger partial charge on any atom is -0.423 e. The molecule has 0 aromatic heterocycles. The second-order valence-electron chi connectivity index (χ2n) is 6.07. The van der Waals surface area contributed by atoms with Gasteiger partial charge in [0.05, 0.1) is 22.5 Å². The van der Waals surface area contributed by atoms with Gasteiger partial charge >= 0.3 is 17.8 Å². The lowest BCUT2D eigenvalue weighted by Gasteiger charge is -2.06. The molecule has 0 fully saturated rings. The van der Waals surface area contributed by atoms with E-state index >= 15 is 0 Å². The average molecular weight is 440 g/mol. The van der Waals surface area contributed by atoms with Crippen LogP contribution in [0.3, 0.4) is 0 Å². The lowest BCUT2D eigenvalue weighted by Crippen LogP contribution is -2.32. The number of benzene rings is 3. The van der Waals surface area contributed by atoms with Crippen LogP contribution in [-0.4, -0.2) is 24.0 Å². The number of amides is 2. The molecule has 2 amide bonds. The number of carbonyl (C=O) groups is 3. The largest absolute Gasteiger partial charge is 0.423 e. The lowest BCUT2D eigenvalue weighted by atomic mass is 10.2. The average Bonchev–Trinajstić information content (AvgIpc) is 2.76. The number of halogens is 2. The fourth-order valence-electron chi connectivity index (χ4n) is 2.37. The van der Waals surface area contributed by atoms with E-state index in [2.05, 4.69) is 15.8 Å². The second-order valence-corrected chi connectivity index (χ2v) is 6.48. The van der Waals surface area contributed by atoms with Crippen molar-refractivity contribution >= 4 is 41.3 Å². The fourth-order valence-corrected chi connectivity index (χ4v) is 2.55. The molecule has 3 rings (SSSR count). The number of para-hydroxylation sites is 1. The molecule has 2 N–H and O–H groups in total. The zero-order valence-electron chi connectivity index (χ0n) is 15.8. The Hall–Kier alpha value is -4.04. The third kappa shape index (κ3) is 5.97. The topological polar surface area (TPSA) is 96.9 Å². The summed E-state index contributed by atoms with van der Waals surface area (Å²) in [7, 11) is 0. The van der Waals surface area contributed by atoms with Gasteiger partial charge in [0.25, 0.3) is 0 Å². The van der Waals surface area contributed by atoms with E-state index in [0.29, 0.717) is 16.3 Å². The number of anilines is 1. The molecule has 7 nitrogen and oxygen atoms in total. The SMILES string of the molecule is O=C(N/N=C/c1ccc(OC(=O)c2ccccc2F)cc1)C(=O)Nc1ccccc1Cl. The van der Waals surface area contributed by atoms with Crippen LogP contribution in [0.1, 0.15) is 15.9 Å². The van der Waals surface area contributed by atoms with Crippen LogP contribution in [0.25, 0.3) is 0 Å². The third-order valence-corrected chi connectivity index (χ3v) is 4.22. The highest BCUT2D eigenvalue weighted by Crippen LogP contribution is 2.20. The van der Waals surface area contributed by atoms with E-state index in [4.69, 9.17) is 16.3 Å². The molecule has 9 heteroatoms. The molecule has 0 saturated heterocycles. The molecule has 0 aliphatic rings. The minimum atomic E-state index is -0.980. The zero-order valence-corrected chi connectivity index (χ0v) is 16.6. The Morgan fingerprint density at radius 3 is 2.29 bits per heavy atom. The standard InChI is InChI=1S/C22H15ClFN3O4/c23-17-6-2-4-8-19(17)26-20(28)21(29)27-25-13-14-9-11-15(12-10-14)31-22(30)16-5-1-3-7-18(16)24/h1-13H,(H,26,28)(H,27,29)/b25-13+. The van der Waals surface area contributed by atoms with Crippen LogP contribution in [0.4, 0.5) is 10.1 Å². The van der Waals surface area contributed by atoms with E-state index in [-0.39, 0.29) is 11.3 Å². The van der Waals surface area contributed by atoms with Gasteiger partial charge in [-0.05, 0) is 54.1 Å². The maximum absolute atomic E-state index is 13.6. The Bertz CT molecular complexity index is 1150. The van der Waals surface area contributed by atoms with Crippen LogP contribution in [0.15, 0.2) is 77.9 Å². The molecule has 0 heterocycles. The zero-order chi connectivity index (χ0) is 22.2. The molecule has 0 atom stereocenters. The molecule has 0 aliphatic carbocycles. The number of nitrogens with zero attached hydrogens (tertiary/aromatic N) is 1. The highest BCUT2D eigenvalue weighted by molar-refractivity contribution is 6.41. The molecule has 0 spiro atoms. The van der Waals surface area contributed by atoms with Crippen LogP contribution in [0, 0.1) is 5.82 Å². The first-order valence-corrected chi connectivity index (χ1v) is 9.27. The van der Waals surface area contributed by atoms with E-state index in [0.717, 1.165) is 0 Å². The number of hydrogen-bond donors (Lipinski definition) is 2. The van der Waals surface area contributed by atoms with Gasteiger partial charge in [-0.2, -0.15) is 5.10 Å². The van der Waals surface area contributed by atoms with E-state index in [1.807, 2.05) is 0 Å². The fraction of sp³-hybridized carbons (Fsp3) is 0. The van der Waals surface area contributed by atoms with Gasteiger partial charge in [-0.3, -0.25) is 9.59 Å². The van der Waals surface area contributed by atoms with Crippen LogP contribution >= 0.6 is 11.6 Å². The minimum absolute atomic E-state index is 0.175. The summed E-state index contributed by atoms with van der Waals surface area (Å²) in [5.41, 5.74) is 2.77. The quantitative estimate of drug-likeness (QED) is 0.208.